The monoisotopic (exact) mass is 277 g/mol. The zero-order chi connectivity index (χ0) is 14.7. The van der Waals surface area contributed by atoms with Gasteiger partial charge in [-0.2, -0.15) is 0 Å². The minimum absolute atomic E-state index is 0.121. The number of pyridine rings is 1. The largest absolute Gasteiger partial charge is 0.497 e. The average Bonchev–Trinajstić information content (AvgIpc) is 2.42. The van der Waals surface area contributed by atoms with Gasteiger partial charge in [-0.15, -0.1) is 0 Å². The lowest BCUT2D eigenvalue weighted by Gasteiger charge is -2.09. The highest BCUT2D eigenvalue weighted by atomic mass is 19.1. The number of ether oxygens (including phenoxy) is 1. The summed E-state index contributed by atoms with van der Waals surface area (Å²) in [5, 5.41) is 8.88. The summed E-state index contributed by atoms with van der Waals surface area (Å²) in [6.45, 7) is 0.121. The molecule has 0 aliphatic heterocycles. The fourth-order valence-electron chi connectivity index (χ4n) is 1.76. The van der Waals surface area contributed by atoms with Gasteiger partial charge in [0.25, 0.3) is 0 Å². The van der Waals surface area contributed by atoms with Gasteiger partial charge >= 0.3 is 5.97 Å². The molecular formula is C14H12FNO4. The Morgan fingerprint density at radius 3 is 2.75 bits per heavy atom. The van der Waals surface area contributed by atoms with E-state index in [0.29, 0.717) is 11.3 Å². The number of nitrogens with zero attached hydrogens (tertiary/aromatic N) is 1. The quantitative estimate of drug-likeness (QED) is 0.924. The van der Waals surface area contributed by atoms with E-state index in [2.05, 4.69) is 0 Å². The van der Waals surface area contributed by atoms with Crippen LogP contribution in [0.3, 0.4) is 0 Å². The van der Waals surface area contributed by atoms with Crippen LogP contribution in [0.4, 0.5) is 4.39 Å². The van der Waals surface area contributed by atoms with Crippen LogP contribution in [0.5, 0.6) is 5.75 Å². The van der Waals surface area contributed by atoms with E-state index >= 15 is 0 Å². The van der Waals surface area contributed by atoms with Gasteiger partial charge in [0.2, 0.25) is 0 Å². The van der Waals surface area contributed by atoms with E-state index in [1.54, 1.807) is 12.1 Å². The summed E-state index contributed by atoms with van der Waals surface area (Å²) in [7, 11) is 1.44. The molecule has 0 spiro atoms. The molecule has 0 unspecified atom stereocenters. The van der Waals surface area contributed by atoms with Gasteiger partial charge in [0.15, 0.2) is 5.43 Å². The molecule has 2 aromatic rings. The zero-order valence-electron chi connectivity index (χ0n) is 10.7. The molecule has 0 atom stereocenters. The van der Waals surface area contributed by atoms with Gasteiger partial charge in [0.1, 0.15) is 17.1 Å². The van der Waals surface area contributed by atoms with Crippen molar-refractivity contribution in [2.24, 2.45) is 0 Å². The molecule has 0 fully saturated rings. The maximum absolute atomic E-state index is 13.8. The maximum atomic E-state index is 13.8. The molecule has 1 heterocycles. The molecule has 0 saturated heterocycles. The Morgan fingerprint density at radius 2 is 2.15 bits per heavy atom. The van der Waals surface area contributed by atoms with Crippen LogP contribution in [-0.4, -0.2) is 22.8 Å². The van der Waals surface area contributed by atoms with Crippen molar-refractivity contribution in [3.05, 3.63) is 63.8 Å². The molecule has 0 saturated carbocycles. The van der Waals surface area contributed by atoms with Crippen molar-refractivity contribution in [2.45, 2.75) is 6.54 Å². The Morgan fingerprint density at radius 1 is 1.40 bits per heavy atom. The summed E-state index contributed by atoms with van der Waals surface area (Å²) in [4.78, 5) is 22.2. The highest BCUT2D eigenvalue weighted by Crippen LogP contribution is 2.17. The van der Waals surface area contributed by atoms with Crippen LogP contribution < -0.4 is 10.2 Å². The van der Waals surface area contributed by atoms with E-state index < -0.39 is 17.2 Å². The number of carbonyl (C=O) groups is 1. The number of aromatic carboxylic acids is 1. The molecule has 5 nitrogen and oxygen atoms in total. The third-order valence-electron chi connectivity index (χ3n) is 2.82. The van der Waals surface area contributed by atoms with Crippen LogP contribution in [0.15, 0.2) is 41.5 Å². The first-order valence-corrected chi connectivity index (χ1v) is 5.77. The summed E-state index contributed by atoms with van der Waals surface area (Å²) in [5.74, 6) is -1.36. The van der Waals surface area contributed by atoms with Crippen molar-refractivity contribution in [2.75, 3.05) is 7.11 Å². The number of carboxylic acid groups (broad SMARTS) is 1. The highest BCUT2D eigenvalue weighted by Gasteiger charge is 2.10. The van der Waals surface area contributed by atoms with Crippen LogP contribution >= 0.6 is 0 Å². The van der Waals surface area contributed by atoms with Crippen molar-refractivity contribution in [3.63, 3.8) is 0 Å². The van der Waals surface area contributed by atoms with Gasteiger partial charge in [-0.1, -0.05) is 6.07 Å². The van der Waals surface area contributed by atoms with E-state index in [1.807, 2.05) is 0 Å². The predicted octanol–water partition coefficient (Wildman–Crippen LogP) is 1.74. The Bertz CT molecular complexity index is 709. The van der Waals surface area contributed by atoms with Gasteiger partial charge in [0, 0.05) is 36.6 Å². The molecule has 0 bridgehead atoms. The van der Waals surface area contributed by atoms with E-state index in [-0.39, 0.29) is 12.1 Å². The van der Waals surface area contributed by atoms with Crippen molar-refractivity contribution in [1.82, 2.24) is 4.57 Å². The molecule has 0 radical (unpaired) electrons. The second-order valence-electron chi connectivity index (χ2n) is 4.16. The molecular weight excluding hydrogens is 265 g/mol. The Labute approximate surface area is 113 Å². The van der Waals surface area contributed by atoms with Crippen LogP contribution in [-0.2, 0) is 6.54 Å². The van der Waals surface area contributed by atoms with Crippen LogP contribution in [0, 0.1) is 5.82 Å². The molecule has 0 aliphatic carbocycles. The van der Waals surface area contributed by atoms with Crippen LogP contribution in [0.1, 0.15) is 15.9 Å². The first kappa shape index (κ1) is 13.8. The van der Waals surface area contributed by atoms with Crippen molar-refractivity contribution >= 4 is 5.97 Å². The zero-order valence-corrected chi connectivity index (χ0v) is 10.7. The summed E-state index contributed by atoms with van der Waals surface area (Å²) in [6.07, 6.45) is 2.60. The number of rotatable bonds is 4. The number of hydrogen-bond acceptors (Lipinski definition) is 3. The highest BCUT2D eigenvalue weighted by molar-refractivity contribution is 5.86. The molecule has 1 aromatic carbocycles. The average molecular weight is 277 g/mol. The Kier molecular flexibility index (Phi) is 3.84. The number of aromatic nitrogens is 1. The number of hydrogen-bond donors (Lipinski definition) is 1. The molecule has 0 aliphatic rings. The number of benzene rings is 1. The minimum Gasteiger partial charge on any atom is -0.497 e. The molecule has 2 rings (SSSR count). The Balaban J connectivity index is 2.33. The van der Waals surface area contributed by atoms with Gasteiger partial charge in [-0.25, -0.2) is 9.18 Å². The summed E-state index contributed by atoms with van der Waals surface area (Å²) in [6, 6.07) is 5.55. The third kappa shape index (κ3) is 2.85. The minimum atomic E-state index is -1.31. The lowest BCUT2D eigenvalue weighted by molar-refractivity contribution is 0.0694. The summed E-state index contributed by atoms with van der Waals surface area (Å²) < 4.78 is 20.1. The van der Waals surface area contributed by atoms with Crippen molar-refractivity contribution in [1.29, 1.82) is 0 Å². The van der Waals surface area contributed by atoms with E-state index in [4.69, 9.17) is 9.84 Å². The van der Waals surface area contributed by atoms with Crippen LogP contribution in [0.25, 0.3) is 0 Å². The molecule has 104 valence electrons. The summed E-state index contributed by atoms with van der Waals surface area (Å²) >= 11 is 0. The molecule has 0 amide bonds. The normalized spacial score (nSPS) is 10.3. The lowest BCUT2D eigenvalue weighted by Crippen LogP contribution is -2.17. The van der Waals surface area contributed by atoms with Gasteiger partial charge < -0.3 is 14.4 Å². The molecule has 1 N–H and O–H groups in total. The van der Waals surface area contributed by atoms with E-state index in [9.17, 15) is 14.0 Å². The van der Waals surface area contributed by atoms with Gasteiger partial charge in [0.05, 0.1) is 7.11 Å². The van der Waals surface area contributed by atoms with Crippen molar-refractivity contribution in [3.8, 4) is 5.75 Å². The van der Waals surface area contributed by atoms with Gasteiger partial charge in [-0.3, -0.25) is 4.79 Å². The number of halogens is 1. The number of carboxylic acids is 1. The standard InChI is InChI=1S/C14H12FNO4/c1-20-10-3-2-9(12(15)6-10)7-16-5-4-13(17)11(8-16)14(18)19/h2-6,8H,7H2,1H3,(H,18,19). The Hall–Kier alpha value is -2.63. The fourth-order valence-corrected chi connectivity index (χ4v) is 1.76. The topological polar surface area (TPSA) is 68.5 Å². The van der Waals surface area contributed by atoms with Crippen molar-refractivity contribution < 1.29 is 19.0 Å². The van der Waals surface area contributed by atoms with Gasteiger partial charge in [-0.05, 0) is 6.07 Å². The fraction of sp³-hybridized carbons (Fsp3) is 0.143. The lowest BCUT2D eigenvalue weighted by atomic mass is 10.2. The van der Waals surface area contributed by atoms with Crippen LogP contribution in [0.2, 0.25) is 0 Å². The molecule has 20 heavy (non-hydrogen) atoms. The molecule has 1 aromatic heterocycles. The smallest absolute Gasteiger partial charge is 0.341 e. The predicted molar refractivity (Wildman–Crippen MR) is 69.7 cm³/mol. The maximum Gasteiger partial charge on any atom is 0.341 e. The van der Waals surface area contributed by atoms with E-state index in [1.165, 1.54) is 30.1 Å². The van der Waals surface area contributed by atoms with E-state index in [0.717, 1.165) is 6.07 Å². The first-order chi connectivity index (χ1) is 9.51. The second kappa shape index (κ2) is 5.56. The molecule has 6 heteroatoms. The first-order valence-electron chi connectivity index (χ1n) is 5.77. The third-order valence-corrected chi connectivity index (χ3v) is 2.82. The summed E-state index contributed by atoms with van der Waals surface area (Å²) in [5.41, 5.74) is -0.559. The second-order valence-corrected chi connectivity index (χ2v) is 4.16. The number of methoxy groups -OCH3 is 1. The SMILES string of the molecule is COc1ccc(Cn2ccc(=O)c(C(=O)O)c2)c(F)c1.